The molecule has 0 saturated carbocycles. The summed E-state index contributed by atoms with van der Waals surface area (Å²) in [5.41, 5.74) is 2.26. The Balaban J connectivity index is 1.58. The molecule has 0 aliphatic carbocycles. The molecule has 0 saturated heterocycles. The van der Waals surface area contributed by atoms with Crippen molar-refractivity contribution in [3.8, 4) is 0 Å². The molecule has 33 heavy (non-hydrogen) atoms. The number of nitrogens with zero attached hydrogens (tertiary/aromatic N) is 3. The number of rotatable bonds is 5. The van der Waals surface area contributed by atoms with Gasteiger partial charge in [0.05, 0.1) is 11.7 Å². The summed E-state index contributed by atoms with van der Waals surface area (Å²) in [6.45, 7) is 4.78. The smallest absolute Gasteiger partial charge is 0.322 e. The maximum absolute atomic E-state index is 14.0. The van der Waals surface area contributed by atoms with Crippen LogP contribution in [0.2, 0.25) is 0 Å². The standard InChI is InChI=1S/C25H26BrFN4O2/c1-17(2)31(25(33)28-21-10-4-3-9-20(21)26)16-23(32)30-14-13-29-12-6-11-22(29)24(30)18-7-5-8-19(27)15-18/h3-12,15,17,24H,13-14,16H2,1-2H3,(H,28,33). The fraction of sp³-hybridized carbons (Fsp3) is 0.280. The van der Waals surface area contributed by atoms with Crippen LogP contribution in [0.4, 0.5) is 14.9 Å². The number of urea groups is 1. The zero-order valence-corrected chi connectivity index (χ0v) is 20.1. The number of hydrogen-bond acceptors (Lipinski definition) is 2. The van der Waals surface area contributed by atoms with Crippen LogP contribution in [0, 0.1) is 5.82 Å². The van der Waals surface area contributed by atoms with Gasteiger partial charge in [0.15, 0.2) is 0 Å². The number of halogens is 2. The lowest BCUT2D eigenvalue weighted by atomic mass is 9.99. The minimum Gasteiger partial charge on any atom is -0.348 e. The van der Waals surface area contributed by atoms with Crippen LogP contribution in [-0.4, -0.2) is 45.4 Å². The van der Waals surface area contributed by atoms with Crippen LogP contribution in [0.25, 0.3) is 0 Å². The van der Waals surface area contributed by atoms with Crippen molar-refractivity contribution in [2.24, 2.45) is 0 Å². The molecule has 0 fully saturated rings. The van der Waals surface area contributed by atoms with E-state index in [0.717, 1.165) is 10.2 Å². The molecular weight excluding hydrogens is 487 g/mol. The molecule has 1 atom stereocenters. The fourth-order valence-electron chi connectivity index (χ4n) is 4.15. The van der Waals surface area contributed by atoms with Crippen molar-refractivity contribution < 1.29 is 14.0 Å². The number of nitrogens with one attached hydrogen (secondary N) is 1. The average Bonchev–Trinajstić information content (AvgIpc) is 3.26. The number of amides is 3. The number of aromatic nitrogens is 1. The van der Waals surface area contributed by atoms with Crippen LogP contribution in [0.3, 0.4) is 0 Å². The highest BCUT2D eigenvalue weighted by molar-refractivity contribution is 9.10. The largest absolute Gasteiger partial charge is 0.348 e. The lowest BCUT2D eigenvalue weighted by molar-refractivity contribution is -0.134. The molecule has 6 nitrogen and oxygen atoms in total. The van der Waals surface area contributed by atoms with Gasteiger partial charge < -0.3 is 19.7 Å². The second-order valence-electron chi connectivity index (χ2n) is 8.30. The predicted molar refractivity (Wildman–Crippen MR) is 129 cm³/mol. The number of benzene rings is 2. The summed E-state index contributed by atoms with van der Waals surface area (Å²) >= 11 is 3.43. The van der Waals surface area contributed by atoms with Crippen molar-refractivity contribution in [1.82, 2.24) is 14.4 Å². The van der Waals surface area contributed by atoms with Gasteiger partial charge in [0.1, 0.15) is 12.4 Å². The highest BCUT2D eigenvalue weighted by Crippen LogP contribution is 2.33. The van der Waals surface area contributed by atoms with E-state index in [1.807, 2.05) is 56.4 Å². The molecule has 2 aromatic carbocycles. The Bertz CT molecular complexity index is 1160. The first-order valence-corrected chi connectivity index (χ1v) is 11.7. The number of carbonyl (C=O) groups is 2. The lowest BCUT2D eigenvalue weighted by Gasteiger charge is -2.39. The molecule has 172 valence electrons. The molecule has 1 N–H and O–H groups in total. The van der Waals surface area contributed by atoms with E-state index in [4.69, 9.17) is 0 Å². The minimum atomic E-state index is -0.419. The Morgan fingerprint density at radius 2 is 1.91 bits per heavy atom. The van der Waals surface area contributed by atoms with E-state index in [2.05, 4.69) is 25.8 Å². The molecule has 0 bridgehead atoms. The second-order valence-corrected chi connectivity index (χ2v) is 9.16. The van der Waals surface area contributed by atoms with Gasteiger partial charge in [-0.2, -0.15) is 0 Å². The quantitative estimate of drug-likeness (QED) is 0.506. The van der Waals surface area contributed by atoms with Gasteiger partial charge in [-0.1, -0.05) is 24.3 Å². The Labute approximate surface area is 201 Å². The normalized spacial score (nSPS) is 15.3. The van der Waals surface area contributed by atoms with Crippen molar-refractivity contribution >= 4 is 33.6 Å². The van der Waals surface area contributed by atoms with Crippen LogP contribution in [0.5, 0.6) is 0 Å². The number of hydrogen-bond donors (Lipinski definition) is 1. The van der Waals surface area contributed by atoms with E-state index >= 15 is 0 Å². The van der Waals surface area contributed by atoms with Crippen LogP contribution in [-0.2, 0) is 11.3 Å². The first-order chi connectivity index (χ1) is 15.8. The number of carbonyl (C=O) groups excluding carboxylic acids is 2. The molecule has 1 aromatic heterocycles. The Morgan fingerprint density at radius 1 is 1.12 bits per heavy atom. The predicted octanol–water partition coefficient (Wildman–Crippen LogP) is 5.26. The maximum Gasteiger partial charge on any atom is 0.322 e. The third kappa shape index (κ3) is 4.95. The first kappa shape index (κ1) is 23.0. The molecule has 3 aromatic rings. The molecule has 4 rings (SSSR count). The van der Waals surface area contributed by atoms with Crippen molar-refractivity contribution in [2.75, 3.05) is 18.4 Å². The zero-order chi connectivity index (χ0) is 23.5. The molecule has 1 aliphatic rings. The summed E-state index contributed by atoms with van der Waals surface area (Å²) in [5.74, 6) is -0.534. The molecule has 0 radical (unpaired) electrons. The SMILES string of the molecule is CC(C)N(CC(=O)N1CCn2cccc2C1c1cccc(F)c1)C(=O)Nc1ccccc1Br. The molecule has 2 heterocycles. The van der Waals surface area contributed by atoms with E-state index in [1.165, 1.54) is 17.0 Å². The summed E-state index contributed by atoms with van der Waals surface area (Å²) in [6.07, 6.45) is 1.97. The molecule has 1 unspecified atom stereocenters. The van der Waals surface area contributed by atoms with E-state index < -0.39 is 6.04 Å². The second kappa shape index (κ2) is 9.79. The maximum atomic E-state index is 14.0. The van der Waals surface area contributed by atoms with Gasteiger partial charge in [-0.3, -0.25) is 4.79 Å². The van der Waals surface area contributed by atoms with Gasteiger partial charge in [-0.15, -0.1) is 0 Å². The van der Waals surface area contributed by atoms with Gasteiger partial charge in [-0.05, 0) is 71.7 Å². The van der Waals surface area contributed by atoms with Gasteiger partial charge in [0.2, 0.25) is 5.91 Å². The fourth-order valence-corrected chi connectivity index (χ4v) is 4.54. The topological polar surface area (TPSA) is 57.6 Å². The van der Waals surface area contributed by atoms with Gasteiger partial charge in [0.25, 0.3) is 0 Å². The molecule has 1 aliphatic heterocycles. The third-order valence-corrected chi connectivity index (χ3v) is 6.52. The van der Waals surface area contributed by atoms with E-state index in [9.17, 15) is 14.0 Å². The summed E-state index contributed by atoms with van der Waals surface area (Å²) in [7, 11) is 0. The Morgan fingerprint density at radius 3 is 2.64 bits per heavy atom. The number of anilines is 1. The summed E-state index contributed by atoms with van der Waals surface area (Å²) in [5, 5.41) is 2.88. The van der Waals surface area contributed by atoms with E-state index in [0.29, 0.717) is 24.3 Å². The Kier molecular flexibility index (Phi) is 6.83. The summed E-state index contributed by atoms with van der Waals surface area (Å²) in [6, 6.07) is 16.6. The van der Waals surface area contributed by atoms with Crippen molar-refractivity contribution in [3.05, 3.63) is 88.4 Å². The summed E-state index contributed by atoms with van der Waals surface area (Å²) in [4.78, 5) is 29.8. The van der Waals surface area contributed by atoms with Crippen LogP contribution in [0.15, 0.2) is 71.3 Å². The lowest BCUT2D eigenvalue weighted by Crippen LogP contribution is -2.50. The minimum absolute atomic E-state index is 0.0829. The molecule has 3 amide bonds. The van der Waals surface area contributed by atoms with Crippen LogP contribution < -0.4 is 5.32 Å². The van der Waals surface area contributed by atoms with Crippen molar-refractivity contribution in [3.63, 3.8) is 0 Å². The van der Waals surface area contributed by atoms with Gasteiger partial charge in [-0.25, -0.2) is 9.18 Å². The van der Waals surface area contributed by atoms with Crippen molar-refractivity contribution in [2.45, 2.75) is 32.5 Å². The van der Waals surface area contributed by atoms with Gasteiger partial charge >= 0.3 is 6.03 Å². The van der Waals surface area contributed by atoms with Crippen LogP contribution >= 0.6 is 15.9 Å². The monoisotopic (exact) mass is 512 g/mol. The van der Waals surface area contributed by atoms with E-state index in [-0.39, 0.29) is 30.3 Å². The molecular formula is C25H26BrFN4O2. The third-order valence-electron chi connectivity index (χ3n) is 5.83. The molecule has 0 spiro atoms. The van der Waals surface area contributed by atoms with E-state index in [1.54, 1.807) is 17.0 Å². The first-order valence-electron chi connectivity index (χ1n) is 10.9. The zero-order valence-electron chi connectivity index (χ0n) is 18.5. The summed E-state index contributed by atoms with van der Waals surface area (Å²) < 4.78 is 16.9. The van der Waals surface area contributed by atoms with Crippen LogP contribution in [0.1, 0.15) is 31.1 Å². The Hall–Kier alpha value is -3.13. The molecule has 8 heteroatoms. The van der Waals surface area contributed by atoms with Gasteiger partial charge in [0, 0.05) is 35.5 Å². The van der Waals surface area contributed by atoms with Crippen molar-refractivity contribution in [1.29, 1.82) is 0 Å². The average molecular weight is 513 g/mol. The highest BCUT2D eigenvalue weighted by Gasteiger charge is 2.34. The number of para-hydroxylation sites is 1. The number of fused-ring (bicyclic) bond motifs is 1. The highest BCUT2D eigenvalue weighted by atomic mass is 79.9.